The van der Waals surface area contributed by atoms with Crippen LogP contribution < -0.4 is 5.73 Å². The quantitative estimate of drug-likeness (QED) is 0.697. The first-order chi connectivity index (χ1) is 7.61. The van der Waals surface area contributed by atoms with E-state index in [2.05, 4.69) is 31.4 Å². The largest absolute Gasteiger partial charge is 0.399 e. The van der Waals surface area contributed by atoms with E-state index in [1.165, 1.54) is 31.5 Å². The summed E-state index contributed by atoms with van der Waals surface area (Å²) < 4.78 is 0. The molecule has 2 heteroatoms. The van der Waals surface area contributed by atoms with Gasteiger partial charge in [0.25, 0.3) is 0 Å². The number of nitrogens with zero attached hydrogens (tertiary/aromatic N) is 1. The van der Waals surface area contributed by atoms with Gasteiger partial charge in [0.15, 0.2) is 0 Å². The molecule has 1 rings (SSSR count). The summed E-state index contributed by atoms with van der Waals surface area (Å²) in [5.41, 5.74) is 7.60. The van der Waals surface area contributed by atoms with Crippen molar-refractivity contribution < 1.29 is 0 Å². The van der Waals surface area contributed by atoms with E-state index in [1.807, 2.05) is 12.2 Å². The van der Waals surface area contributed by atoms with Crippen molar-refractivity contribution in [1.82, 2.24) is 4.90 Å². The lowest BCUT2D eigenvalue weighted by Crippen LogP contribution is -2.45. The molecule has 0 aromatic carbocycles. The number of likely N-dealkylation sites (tertiary alicyclic amines) is 1. The van der Waals surface area contributed by atoms with Crippen LogP contribution in [0, 0.1) is 5.92 Å². The van der Waals surface area contributed by atoms with Crippen molar-refractivity contribution >= 4 is 0 Å². The molecule has 1 aliphatic heterocycles. The van der Waals surface area contributed by atoms with Crippen molar-refractivity contribution in [2.75, 3.05) is 19.6 Å². The highest BCUT2D eigenvalue weighted by Gasteiger charge is 2.22. The van der Waals surface area contributed by atoms with Crippen LogP contribution in [0.15, 0.2) is 36.1 Å². The Kier molecular flexibility index (Phi) is 5.33. The van der Waals surface area contributed by atoms with Gasteiger partial charge in [0, 0.05) is 25.3 Å². The molecule has 0 aliphatic carbocycles. The van der Waals surface area contributed by atoms with Gasteiger partial charge in [-0.05, 0) is 18.4 Å². The molecule has 1 aliphatic rings. The summed E-state index contributed by atoms with van der Waals surface area (Å²) in [6.45, 7) is 11.8. The van der Waals surface area contributed by atoms with Gasteiger partial charge >= 0.3 is 0 Å². The molecule has 0 radical (unpaired) electrons. The van der Waals surface area contributed by atoms with Crippen molar-refractivity contribution in [3.8, 4) is 0 Å². The van der Waals surface area contributed by atoms with Gasteiger partial charge in [0.05, 0.1) is 0 Å². The summed E-state index contributed by atoms with van der Waals surface area (Å²) in [6, 6.07) is 0. The van der Waals surface area contributed by atoms with Gasteiger partial charge in [-0.25, -0.2) is 0 Å². The summed E-state index contributed by atoms with van der Waals surface area (Å²) in [6.07, 6.45) is 8.42. The van der Waals surface area contributed by atoms with Gasteiger partial charge in [0.1, 0.15) is 0 Å². The van der Waals surface area contributed by atoms with Crippen molar-refractivity contribution in [3.63, 3.8) is 0 Å². The van der Waals surface area contributed by atoms with E-state index in [1.54, 1.807) is 0 Å². The lowest BCUT2D eigenvalue weighted by atomic mass is 10.0. The van der Waals surface area contributed by atoms with Crippen molar-refractivity contribution in [2.45, 2.75) is 26.7 Å². The van der Waals surface area contributed by atoms with Gasteiger partial charge in [-0.3, -0.25) is 4.90 Å². The number of hydrogen-bond donors (Lipinski definition) is 1. The zero-order valence-electron chi connectivity index (χ0n) is 10.6. The standard InChI is InChI=1S/C14H24N2/c1-4-6-14(8-5-7-13(3)15)11-16-9-12(2)10-16/h5,7-8,12H,3-4,6,9-11,15H2,1-2H3/b7-5-,14-8+. The van der Waals surface area contributed by atoms with Crippen molar-refractivity contribution in [2.24, 2.45) is 11.7 Å². The minimum Gasteiger partial charge on any atom is -0.399 e. The van der Waals surface area contributed by atoms with E-state index in [0.29, 0.717) is 5.70 Å². The molecule has 0 bridgehead atoms. The van der Waals surface area contributed by atoms with Crippen molar-refractivity contribution in [3.05, 3.63) is 36.1 Å². The predicted octanol–water partition coefficient (Wildman–Crippen LogP) is 2.69. The topological polar surface area (TPSA) is 29.3 Å². The van der Waals surface area contributed by atoms with Crippen LogP contribution >= 0.6 is 0 Å². The summed E-state index contributed by atoms with van der Waals surface area (Å²) >= 11 is 0. The van der Waals surface area contributed by atoms with Gasteiger partial charge < -0.3 is 5.73 Å². The molecule has 0 amide bonds. The van der Waals surface area contributed by atoms with E-state index in [4.69, 9.17) is 5.73 Å². The van der Waals surface area contributed by atoms with Crippen LogP contribution in [0.5, 0.6) is 0 Å². The van der Waals surface area contributed by atoms with Crippen LogP contribution in [-0.4, -0.2) is 24.5 Å². The molecule has 0 aromatic rings. The Hall–Kier alpha value is -1.02. The number of hydrogen-bond acceptors (Lipinski definition) is 2. The molecule has 0 spiro atoms. The van der Waals surface area contributed by atoms with Crippen molar-refractivity contribution in [1.29, 1.82) is 0 Å². The van der Waals surface area contributed by atoms with E-state index in [9.17, 15) is 0 Å². The maximum Gasteiger partial charge on any atom is 0.0240 e. The average Bonchev–Trinajstić information content (AvgIpc) is 2.15. The average molecular weight is 220 g/mol. The molecule has 0 atom stereocenters. The third kappa shape index (κ3) is 4.67. The maximum absolute atomic E-state index is 5.49. The zero-order chi connectivity index (χ0) is 12.0. The molecular formula is C14H24N2. The first-order valence-electron chi connectivity index (χ1n) is 6.14. The van der Waals surface area contributed by atoms with Crippen LogP contribution in [0.2, 0.25) is 0 Å². The minimum atomic E-state index is 0.615. The Bertz CT molecular complexity index is 283. The number of allylic oxidation sites excluding steroid dienone is 3. The molecule has 16 heavy (non-hydrogen) atoms. The molecule has 1 fully saturated rings. The number of nitrogens with two attached hydrogens (primary N) is 1. The fourth-order valence-corrected chi connectivity index (χ4v) is 2.09. The lowest BCUT2D eigenvalue weighted by molar-refractivity contribution is 0.125. The molecule has 90 valence electrons. The molecule has 1 heterocycles. The second-order valence-electron chi connectivity index (χ2n) is 4.81. The van der Waals surface area contributed by atoms with Crippen LogP contribution in [0.1, 0.15) is 26.7 Å². The third-order valence-electron chi connectivity index (χ3n) is 2.78. The van der Waals surface area contributed by atoms with Crippen LogP contribution in [-0.2, 0) is 0 Å². The molecule has 1 saturated heterocycles. The van der Waals surface area contributed by atoms with E-state index in [0.717, 1.165) is 12.5 Å². The van der Waals surface area contributed by atoms with Gasteiger partial charge in [0.2, 0.25) is 0 Å². The first-order valence-corrected chi connectivity index (χ1v) is 6.14. The van der Waals surface area contributed by atoms with Gasteiger partial charge in [-0.15, -0.1) is 0 Å². The Balaban J connectivity index is 2.43. The monoisotopic (exact) mass is 220 g/mol. The highest BCUT2D eigenvalue weighted by Crippen LogP contribution is 2.17. The van der Waals surface area contributed by atoms with Gasteiger partial charge in [-0.1, -0.05) is 44.6 Å². The molecule has 2 nitrogen and oxygen atoms in total. The second kappa shape index (κ2) is 6.54. The maximum atomic E-state index is 5.49. The molecule has 0 aromatic heterocycles. The molecular weight excluding hydrogens is 196 g/mol. The highest BCUT2D eigenvalue weighted by atomic mass is 15.2. The van der Waals surface area contributed by atoms with Crippen LogP contribution in [0.3, 0.4) is 0 Å². The Morgan fingerprint density at radius 2 is 2.19 bits per heavy atom. The van der Waals surface area contributed by atoms with Gasteiger partial charge in [-0.2, -0.15) is 0 Å². The Morgan fingerprint density at radius 3 is 2.69 bits per heavy atom. The smallest absolute Gasteiger partial charge is 0.0240 e. The summed E-state index contributed by atoms with van der Waals surface area (Å²) in [5.74, 6) is 0.877. The summed E-state index contributed by atoms with van der Waals surface area (Å²) in [7, 11) is 0. The molecule has 0 unspecified atom stereocenters. The summed E-state index contributed by atoms with van der Waals surface area (Å²) in [5, 5.41) is 0. The first kappa shape index (κ1) is 13.0. The Morgan fingerprint density at radius 1 is 1.50 bits per heavy atom. The SMILES string of the molecule is C=C(N)/C=C\C=C(/CCC)CN1CC(C)C1. The normalized spacial score (nSPS) is 19.0. The fourth-order valence-electron chi connectivity index (χ4n) is 2.09. The fraction of sp³-hybridized carbons (Fsp3) is 0.571. The zero-order valence-corrected chi connectivity index (χ0v) is 10.6. The molecule has 2 N–H and O–H groups in total. The predicted molar refractivity (Wildman–Crippen MR) is 71.1 cm³/mol. The summed E-state index contributed by atoms with van der Waals surface area (Å²) in [4.78, 5) is 2.50. The minimum absolute atomic E-state index is 0.615. The van der Waals surface area contributed by atoms with E-state index in [-0.39, 0.29) is 0 Å². The molecule has 0 saturated carbocycles. The Labute approximate surface area is 99.5 Å². The van der Waals surface area contributed by atoms with Crippen LogP contribution in [0.25, 0.3) is 0 Å². The number of rotatable bonds is 6. The lowest BCUT2D eigenvalue weighted by Gasteiger charge is -2.37. The second-order valence-corrected chi connectivity index (χ2v) is 4.81. The third-order valence-corrected chi connectivity index (χ3v) is 2.78. The van der Waals surface area contributed by atoms with E-state index >= 15 is 0 Å². The van der Waals surface area contributed by atoms with Crippen LogP contribution in [0.4, 0.5) is 0 Å². The highest BCUT2D eigenvalue weighted by molar-refractivity contribution is 5.20. The van der Waals surface area contributed by atoms with E-state index < -0.39 is 0 Å².